The van der Waals surface area contributed by atoms with Crippen LogP contribution in [-0.4, -0.2) is 21.9 Å². The maximum Gasteiger partial charge on any atom is 0.277 e. The smallest absolute Gasteiger partial charge is 0.277 e. The van der Waals surface area contributed by atoms with Crippen molar-refractivity contribution < 1.29 is 13.6 Å². The molecule has 0 saturated heterocycles. The van der Waals surface area contributed by atoms with Crippen molar-refractivity contribution in [1.29, 1.82) is 0 Å². The topological polar surface area (TPSA) is 68.0 Å². The molecular weight excluding hydrogens is 341 g/mol. The number of halogens is 1. The van der Waals surface area contributed by atoms with Gasteiger partial charge < -0.3 is 9.73 Å². The van der Waals surface area contributed by atoms with Crippen molar-refractivity contribution in [3.05, 3.63) is 59.9 Å². The molecule has 5 nitrogen and oxygen atoms in total. The Morgan fingerprint density at radius 3 is 2.72 bits per heavy atom. The summed E-state index contributed by atoms with van der Waals surface area (Å²) in [4.78, 5) is 12.1. The summed E-state index contributed by atoms with van der Waals surface area (Å²) in [5.41, 5.74) is 2.11. The van der Waals surface area contributed by atoms with Crippen LogP contribution in [0.15, 0.2) is 58.2 Å². The minimum absolute atomic E-state index is 0.0948. The molecule has 0 aliphatic heterocycles. The lowest BCUT2D eigenvalue weighted by Crippen LogP contribution is -2.15. The predicted molar refractivity (Wildman–Crippen MR) is 94.9 cm³/mol. The first-order chi connectivity index (χ1) is 12.2. The third-order valence-electron chi connectivity index (χ3n) is 3.51. The van der Waals surface area contributed by atoms with Gasteiger partial charge >= 0.3 is 0 Å². The summed E-state index contributed by atoms with van der Waals surface area (Å²) in [6, 6.07) is 13.8. The number of hydrogen-bond acceptors (Lipinski definition) is 5. The number of aryl methyl sites for hydroxylation is 1. The molecule has 0 saturated carbocycles. The molecule has 7 heteroatoms. The van der Waals surface area contributed by atoms with E-state index >= 15 is 0 Å². The van der Waals surface area contributed by atoms with E-state index < -0.39 is 5.82 Å². The molecule has 1 heterocycles. The molecule has 0 fully saturated rings. The van der Waals surface area contributed by atoms with Crippen molar-refractivity contribution in [3.63, 3.8) is 0 Å². The van der Waals surface area contributed by atoms with E-state index in [1.165, 1.54) is 6.07 Å². The lowest BCUT2D eigenvalue weighted by atomic mass is 10.1. The largest absolute Gasteiger partial charge is 0.411 e. The number of nitrogens with zero attached hydrogens (tertiary/aromatic N) is 2. The summed E-state index contributed by atoms with van der Waals surface area (Å²) in [7, 11) is 0. The van der Waals surface area contributed by atoms with Crippen LogP contribution in [0, 0.1) is 5.82 Å². The first-order valence-corrected chi connectivity index (χ1v) is 8.75. The number of benzene rings is 2. The Bertz CT molecular complexity index is 882. The fraction of sp³-hybridized carbons (Fsp3) is 0.167. The Kier molecular flexibility index (Phi) is 5.45. The van der Waals surface area contributed by atoms with Gasteiger partial charge in [-0.05, 0) is 30.2 Å². The summed E-state index contributed by atoms with van der Waals surface area (Å²) >= 11 is 1.11. The fourth-order valence-corrected chi connectivity index (χ4v) is 2.84. The number of aromatic nitrogens is 2. The lowest BCUT2D eigenvalue weighted by Gasteiger charge is -2.08. The molecule has 0 spiro atoms. The number of thioether (sulfide) groups is 1. The van der Waals surface area contributed by atoms with E-state index in [0.717, 1.165) is 29.4 Å². The molecule has 1 N–H and O–H groups in total. The number of carbonyl (C=O) groups excluding carboxylic acids is 1. The molecule has 0 radical (unpaired) electrons. The summed E-state index contributed by atoms with van der Waals surface area (Å²) < 4.78 is 19.1. The molecule has 0 atom stereocenters. The van der Waals surface area contributed by atoms with Crippen LogP contribution in [0.3, 0.4) is 0 Å². The molecular formula is C18H16FN3O2S. The molecule has 3 aromatic rings. The summed E-state index contributed by atoms with van der Waals surface area (Å²) in [5.74, 6) is -0.387. The minimum Gasteiger partial charge on any atom is -0.411 e. The van der Waals surface area contributed by atoms with Crippen LogP contribution in [0.2, 0.25) is 0 Å². The Morgan fingerprint density at radius 2 is 1.92 bits per heavy atom. The van der Waals surface area contributed by atoms with Crippen molar-refractivity contribution in [2.24, 2.45) is 0 Å². The molecule has 3 rings (SSSR count). The lowest BCUT2D eigenvalue weighted by molar-refractivity contribution is -0.113. The first-order valence-electron chi connectivity index (χ1n) is 7.76. The van der Waals surface area contributed by atoms with E-state index in [1.807, 2.05) is 31.2 Å². The summed E-state index contributed by atoms with van der Waals surface area (Å²) in [6.45, 7) is 2.03. The zero-order valence-electron chi connectivity index (χ0n) is 13.5. The van der Waals surface area contributed by atoms with Gasteiger partial charge in [-0.15, -0.1) is 10.2 Å². The Balaban J connectivity index is 1.61. The molecule has 25 heavy (non-hydrogen) atoms. The standard InChI is InChI=1S/C18H16FN3O2S/c1-2-12-7-3-6-10-15(12)20-16(23)11-25-18-22-21-17(24-18)13-8-4-5-9-14(13)19/h3-10H,2,11H2,1H3,(H,20,23). The quantitative estimate of drug-likeness (QED) is 0.671. The molecule has 1 aromatic heterocycles. The highest BCUT2D eigenvalue weighted by Crippen LogP contribution is 2.25. The van der Waals surface area contributed by atoms with Gasteiger partial charge in [0.1, 0.15) is 5.82 Å². The van der Waals surface area contributed by atoms with Gasteiger partial charge in [-0.2, -0.15) is 0 Å². The van der Waals surface area contributed by atoms with Gasteiger partial charge in [-0.1, -0.05) is 49.0 Å². The second kappa shape index (κ2) is 7.94. The predicted octanol–water partition coefficient (Wildman–Crippen LogP) is 4.17. The first kappa shape index (κ1) is 17.2. The van der Waals surface area contributed by atoms with Crippen molar-refractivity contribution in [2.45, 2.75) is 18.6 Å². The highest BCUT2D eigenvalue weighted by molar-refractivity contribution is 7.99. The van der Waals surface area contributed by atoms with Crippen LogP contribution in [-0.2, 0) is 11.2 Å². The average Bonchev–Trinajstić information content (AvgIpc) is 3.09. The number of nitrogens with one attached hydrogen (secondary N) is 1. The SMILES string of the molecule is CCc1ccccc1NC(=O)CSc1nnc(-c2ccccc2F)o1. The van der Waals surface area contributed by atoms with Crippen LogP contribution < -0.4 is 5.32 Å². The molecule has 128 valence electrons. The number of rotatable bonds is 6. The highest BCUT2D eigenvalue weighted by atomic mass is 32.2. The third kappa shape index (κ3) is 4.24. The Labute approximate surface area is 148 Å². The maximum absolute atomic E-state index is 13.7. The fourth-order valence-electron chi connectivity index (χ4n) is 2.28. The second-order valence-electron chi connectivity index (χ2n) is 5.20. The summed E-state index contributed by atoms with van der Waals surface area (Å²) in [5, 5.41) is 10.8. The van der Waals surface area contributed by atoms with E-state index in [1.54, 1.807) is 18.2 Å². The van der Waals surface area contributed by atoms with Crippen LogP contribution in [0.5, 0.6) is 0 Å². The maximum atomic E-state index is 13.7. The zero-order valence-corrected chi connectivity index (χ0v) is 14.3. The van der Waals surface area contributed by atoms with Crippen LogP contribution in [0.4, 0.5) is 10.1 Å². The molecule has 1 amide bonds. The normalized spacial score (nSPS) is 10.6. The van der Waals surface area contributed by atoms with Crippen molar-refractivity contribution in [2.75, 3.05) is 11.1 Å². The molecule has 0 bridgehead atoms. The number of para-hydroxylation sites is 1. The van der Waals surface area contributed by atoms with Gasteiger partial charge in [-0.3, -0.25) is 4.79 Å². The molecule has 2 aromatic carbocycles. The van der Waals surface area contributed by atoms with Crippen LogP contribution >= 0.6 is 11.8 Å². The van der Waals surface area contributed by atoms with E-state index in [9.17, 15) is 9.18 Å². The number of carbonyl (C=O) groups is 1. The van der Waals surface area contributed by atoms with E-state index in [4.69, 9.17) is 4.42 Å². The van der Waals surface area contributed by atoms with E-state index in [0.29, 0.717) is 0 Å². The molecule has 0 aliphatic carbocycles. The third-order valence-corrected chi connectivity index (χ3v) is 4.33. The minimum atomic E-state index is -0.434. The average molecular weight is 357 g/mol. The second-order valence-corrected chi connectivity index (χ2v) is 6.13. The van der Waals surface area contributed by atoms with Gasteiger partial charge in [0.05, 0.1) is 11.3 Å². The number of amides is 1. The molecule has 0 unspecified atom stereocenters. The van der Waals surface area contributed by atoms with Gasteiger partial charge in [0.25, 0.3) is 11.1 Å². The van der Waals surface area contributed by atoms with Crippen molar-refractivity contribution in [1.82, 2.24) is 10.2 Å². The van der Waals surface area contributed by atoms with Crippen LogP contribution in [0.1, 0.15) is 12.5 Å². The van der Waals surface area contributed by atoms with Crippen LogP contribution in [0.25, 0.3) is 11.5 Å². The highest BCUT2D eigenvalue weighted by Gasteiger charge is 2.14. The van der Waals surface area contributed by atoms with E-state index in [2.05, 4.69) is 15.5 Å². The zero-order chi connectivity index (χ0) is 17.6. The molecule has 0 aliphatic rings. The Hall–Kier alpha value is -2.67. The van der Waals surface area contributed by atoms with E-state index in [-0.39, 0.29) is 28.3 Å². The van der Waals surface area contributed by atoms with Gasteiger partial charge in [0, 0.05) is 5.69 Å². The van der Waals surface area contributed by atoms with Crippen molar-refractivity contribution >= 4 is 23.4 Å². The van der Waals surface area contributed by atoms with Gasteiger partial charge in [0.2, 0.25) is 5.91 Å². The van der Waals surface area contributed by atoms with Gasteiger partial charge in [-0.25, -0.2) is 4.39 Å². The Morgan fingerprint density at radius 1 is 1.16 bits per heavy atom. The monoisotopic (exact) mass is 357 g/mol. The van der Waals surface area contributed by atoms with Gasteiger partial charge in [0.15, 0.2) is 0 Å². The summed E-state index contributed by atoms with van der Waals surface area (Å²) in [6.07, 6.45) is 0.833. The number of hydrogen-bond donors (Lipinski definition) is 1. The number of anilines is 1. The van der Waals surface area contributed by atoms with Crippen molar-refractivity contribution in [3.8, 4) is 11.5 Å².